The first-order valence-corrected chi connectivity index (χ1v) is 10.4. The van der Waals surface area contributed by atoms with Gasteiger partial charge in [-0.05, 0) is 25.0 Å². The van der Waals surface area contributed by atoms with E-state index in [-0.39, 0.29) is 23.5 Å². The number of aromatic nitrogens is 3. The molecular formula is C20H22N4O4S. The highest BCUT2D eigenvalue weighted by molar-refractivity contribution is 7.99. The summed E-state index contributed by atoms with van der Waals surface area (Å²) in [5.74, 6) is 1.27. The second-order valence-electron chi connectivity index (χ2n) is 6.98. The van der Waals surface area contributed by atoms with Gasteiger partial charge in [0.05, 0.1) is 18.8 Å². The lowest BCUT2D eigenvalue weighted by molar-refractivity contribution is -0.148. The maximum Gasteiger partial charge on any atom is 0.308 e. The number of benzene rings is 1. The highest BCUT2D eigenvalue weighted by Crippen LogP contribution is 2.28. The van der Waals surface area contributed by atoms with Crippen molar-refractivity contribution < 1.29 is 18.7 Å². The maximum absolute atomic E-state index is 12.5. The van der Waals surface area contributed by atoms with Gasteiger partial charge in [0, 0.05) is 25.5 Å². The van der Waals surface area contributed by atoms with E-state index in [0.29, 0.717) is 42.7 Å². The summed E-state index contributed by atoms with van der Waals surface area (Å²) in [6.45, 7) is 1.14. The molecular weight excluding hydrogens is 392 g/mol. The first kappa shape index (κ1) is 19.5. The molecule has 0 spiro atoms. The minimum Gasteiger partial charge on any atom is -0.469 e. The fraction of sp³-hybridized carbons (Fsp3) is 0.400. The van der Waals surface area contributed by atoms with Crippen molar-refractivity contribution in [1.82, 2.24) is 19.7 Å². The van der Waals surface area contributed by atoms with Gasteiger partial charge in [-0.1, -0.05) is 30.0 Å². The molecule has 1 aliphatic heterocycles. The molecule has 1 saturated heterocycles. The zero-order chi connectivity index (χ0) is 20.4. The zero-order valence-corrected chi connectivity index (χ0v) is 17.1. The van der Waals surface area contributed by atoms with Gasteiger partial charge in [0.15, 0.2) is 16.7 Å². The largest absolute Gasteiger partial charge is 0.469 e. The van der Waals surface area contributed by atoms with E-state index in [9.17, 15) is 9.59 Å². The van der Waals surface area contributed by atoms with Gasteiger partial charge < -0.3 is 18.6 Å². The third kappa shape index (κ3) is 4.00. The Balaban J connectivity index is 1.37. The van der Waals surface area contributed by atoms with Crippen molar-refractivity contribution in [2.75, 3.05) is 26.0 Å². The quantitative estimate of drug-likeness (QED) is 0.468. The predicted octanol–water partition coefficient (Wildman–Crippen LogP) is 2.73. The van der Waals surface area contributed by atoms with E-state index in [1.165, 1.54) is 18.9 Å². The normalized spacial score (nSPS) is 15.0. The van der Waals surface area contributed by atoms with Crippen LogP contribution < -0.4 is 0 Å². The number of hydrogen-bond donors (Lipinski definition) is 0. The minimum absolute atomic E-state index is 0.0339. The van der Waals surface area contributed by atoms with Crippen molar-refractivity contribution >= 4 is 34.6 Å². The Labute approximate surface area is 172 Å². The van der Waals surface area contributed by atoms with Crippen molar-refractivity contribution in [3.8, 4) is 11.6 Å². The Morgan fingerprint density at radius 2 is 2.00 bits per heavy atom. The maximum atomic E-state index is 12.5. The van der Waals surface area contributed by atoms with Crippen molar-refractivity contribution in [2.45, 2.75) is 18.0 Å². The van der Waals surface area contributed by atoms with Crippen molar-refractivity contribution in [3.05, 3.63) is 30.3 Å². The number of hydrogen-bond acceptors (Lipinski definition) is 7. The van der Waals surface area contributed by atoms with Crippen molar-refractivity contribution in [1.29, 1.82) is 0 Å². The molecule has 0 N–H and O–H groups in total. The van der Waals surface area contributed by atoms with Crippen LogP contribution in [0.15, 0.2) is 39.9 Å². The van der Waals surface area contributed by atoms with E-state index in [1.54, 1.807) is 4.90 Å². The molecule has 152 valence electrons. The van der Waals surface area contributed by atoms with Crippen LogP contribution in [0.5, 0.6) is 0 Å². The molecule has 0 unspecified atom stereocenters. The lowest BCUT2D eigenvalue weighted by Crippen LogP contribution is -2.41. The molecule has 8 nitrogen and oxygen atoms in total. The van der Waals surface area contributed by atoms with Gasteiger partial charge in [0.25, 0.3) is 0 Å². The molecule has 3 heterocycles. The average molecular weight is 414 g/mol. The summed E-state index contributed by atoms with van der Waals surface area (Å²) < 4.78 is 12.5. The first-order chi connectivity index (χ1) is 14.1. The lowest BCUT2D eigenvalue weighted by atomic mass is 9.97. The summed E-state index contributed by atoms with van der Waals surface area (Å²) in [6, 6.07) is 9.71. The number of carbonyl (C=O) groups excluding carboxylic acids is 2. The van der Waals surface area contributed by atoms with Gasteiger partial charge in [0.1, 0.15) is 5.58 Å². The molecule has 1 aliphatic rings. The summed E-state index contributed by atoms with van der Waals surface area (Å²) in [6.07, 6.45) is 1.28. The number of likely N-dealkylation sites (tertiary alicyclic amines) is 1. The van der Waals surface area contributed by atoms with Crippen LogP contribution >= 0.6 is 11.8 Å². The summed E-state index contributed by atoms with van der Waals surface area (Å²) in [5.41, 5.74) is 0.797. The standard InChI is InChI=1S/C20H22N4O4S/c1-23-18(16-11-14-5-3-4-6-15(14)28-16)21-22-20(23)29-12-17(25)24-9-7-13(8-10-24)19(26)27-2/h3-6,11,13H,7-10,12H2,1-2H3. The second kappa shape index (κ2) is 8.28. The fourth-order valence-electron chi connectivity index (χ4n) is 3.50. The van der Waals surface area contributed by atoms with Gasteiger partial charge in [-0.2, -0.15) is 0 Å². The third-order valence-electron chi connectivity index (χ3n) is 5.19. The molecule has 0 bridgehead atoms. The molecule has 3 aromatic rings. The van der Waals surface area contributed by atoms with Crippen LogP contribution in [-0.4, -0.2) is 57.5 Å². The number of para-hydroxylation sites is 1. The van der Waals surface area contributed by atoms with Gasteiger partial charge in [-0.15, -0.1) is 10.2 Å². The number of furan rings is 1. The highest BCUT2D eigenvalue weighted by atomic mass is 32.2. The molecule has 0 aliphatic carbocycles. The smallest absolute Gasteiger partial charge is 0.308 e. The van der Waals surface area contributed by atoms with Gasteiger partial charge >= 0.3 is 5.97 Å². The van der Waals surface area contributed by atoms with E-state index >= 15 is 0 Å². The summed E-state index contributed by atoms with van der Waals surface area (Å²) >= 11 is 1.35. The average Bonchev–Trinajstić information content (AvgIpc) is 3.34. The van der Waals surface area contributed by atoms with Gasteiger partial charge in [0.2, 0.25) is 5.91 Å². The second-order valence-corrected chi connectivity index (χ2v) is 7.92. The minimum atomic E-state index is -0.191. The summed E-state index contributed by atoms with van der Waals surface area (Å²) in [7, 11) is 3.26. The van der Waals surface area contributed by atoms with Crippen LogP contribution in [0.25, 0.3) is 22.6 Å². The van der Waals surface area contributed by atoms with E-state index in [1.807, 2.05) is 41.9 Å². The number of piperidine rings is 1. The van der Waals surface area contributed by atoms with E-state index in [4.69, 9.17) is 9.15 Å². The molecule has 4 rings (SSSR count). The monoisotopic (exact) mass is 414 g/mol. The predicted molar refractivity (Wildman–Crippen MR) is 108 cm³/mol. The molecule has 29 heavy (non-hydrogen) atoms. The fourth-order valence-corrected chi connectivity index (χ4v) is 4.31. The molecule has 0 saturated carbocycles. The summed E-state index contributed by atoms with van der Waals surface area (Å²) in [4.78, 5) is 25.9. The van der Waals surface area contributed by atoms with Crippen LogP contribution in [0.1, 0.15) is 12.8 Å². The molecule has 1 amide bonds. The lowest BCUT2D eigenvalue weighted by Gasteiger charge is -2.30. The van der Waals surface area contributed by atoms with Crippen molar-refractivity contribution in [3.63, 3.8) is 0 Å². The van der Waals surface area contributed by atoms with Crippen LogP contribution in [0.2, 0.25) is 0 Å². The SMILES string of the molecule is COC(=O)C1CCN(C(=O)CSc2nnc(-c3cc4ccccc4o3)n2C)CC1. The van der Waals surface area contributed by atoms with Crippen LogP contribution in [0.3, 0.4) is 0 Å². The topological polar surface area (TPSA) is 90.5 Å². The Kier molecular flexibility index (Phi) is 5.57. The number of carbonyl (C=O) groups is 2. The third-order valence-corrected chi connectivity index (χ3v) is 6.19. The number of fused-ring (bicyclic) bond motifs is 1. The number of esters is 1. The number of nitrogens with zero attached hydrogens (tertiary/aromatic N) is 4. The van der Waals surface area contributed by atoms with E-state index in [2.05, 4.69) is 10.2 Å². The number of rotatable bonds is 5. The van der Waals surface area contributed by atoms with Gasteiger partial charge in [-0.3, -0.25) is 9.59 Å². The van der Waals surface area contributed by atoms with Crippen molar-refractivity contribution in [2.24, 2.45) is 13.0 Å². The number of thioether (sulfide) groups is 1. The van der Waals surface area contributed by atoms with Crippen LogP contribution in [0.4, 0.5) is 0 Å². The molecule has 2 aromatic heterocycles. The molecule has 1 aromatic carbocycles. The Morgan fingerprint density at radius 3 is 2.72 bits per heavy atom. The number of methoxy groups -OCH3 is 1. The Hall–Kier alpha value is -2.81. The zero-order valence-electron chi connectivity index (χ0n) is 16.3. The summed E-state index contributed by atoms with van der Waals surface area (Å²) in [5, 5.41) is 10.1. The Morgan fingerprint density at radius 1 is 1.24 bits per heavy atom. The van der Waals surface area contributed by atoms with E-state index in [0.717, 1.165) is 11.0 Å². The van der Waals surface area contributed by atoms with Gasteiger partial charge in [-0.25, -0.2) is 0 Å². The number of ether oxygens (including phenoxy) is 1. The molecule has 0 atom stereocenters. The van der Waals surface area contributed by atoms with Crippen LogP contribution in [0, 0.1) is 5.92 Å². The Bertz CT molecular complexity index is 1000. The molecule has 9 heteroatoms. The molecule has 1 fully saturated rings. The first-order valence-electron chi connectivity index (χ1n) is 9.43. The highest BCUT2D eigenvalue weighted by Gasteiger charge is 2.28. The number of amides is 1. The van der Waals surface area contributed by atoms with Crippen LogP contribution in [-0.2, 0) is 21.4 Å². The molecule has 0 radical (unpaired) electrons. The van der Waals surface area contributed by atoms with E-state index < -0.39 is 0 Å².